The first kappa shape index (κ1) is 14.4. The zero-order valence-corrected chi connectivity index (χ0v) is 12.1. The Morgan fingerprint density at radius 1 is 1.15 bits per heavy atom. The fourth-order valence-corrected chi connectivity index (χ4v) is 2.36. The molecule has 1 aromatic carbocycles. The number of para-hydroxylation sites is 1. The summed E-state index contributed by atoms with van der Waals surface area (Å²) < 4.78 is 0. The van der Waals surface area contributed by atoms with Crippen molar-refractivity contribution >= 4 is 17.6 Å². The van der Waals surface area contributed by atoms with Crippen LogP contribution >= 0.6 is 0 Å². The van der Waals surface area contributed by atoms with Gasteiger partial charge in [-0.1, -0.05) is 18.2 Å². The number of nitrogens with one attached hydrogen (secondary N) is 2. The lowest BCUT2D eigenvalue weighted by atomic mass is 10.2. The van der Waals surface area contributed by atoms with Crippen molar-refractivity contribution in [2.24, 2.45) is 0 Å². The maximum atomic E-state index is 12.4. The number of amides is 3. The van der Waals surface area contributed by atoms with Crippen molar-refractivity contribution < 1.29 is 9.59 Å². The summed E-state index contributed by atoms with van der Waals surface area (Å²) in [7, 11) is 0. The minimum absolute atomic E-state index is 0.0461. The number of carbonyl (C=O) groups is 2. The molecule has 1 aliphatic rings. The van der Waals surface area contributed by atoms with E-state index in [1.807, 2.05) is 38.1 Å². The first-order chi connectivity index (χ1) is 9.49. The normalized spacial score (nSPS) is 14.9. The number of urea groups is 1. The van der Waals surface area contributed by atoms with Gasteiger partial charge in [0.15, 0.2) is 0 Å². The smallest absolute Gasteiger partial charge is 0.315 e. The van der Waals surface area contributed by atoms with Crippen LogP contribution in [-0.2, 0) is 11.2 Å². The molecule has 2 N–H and O–H groups in total. The Labute approximate surface area is 119 Å². The number of nitrogens with zero attached hydrogens (tertiary/aromatic N) is 1. The third kappa shape index (κ3) is 3.10. The molecule has 1 aromatic rings. The van der Waals surface area contributed by atoms with Crippen molar-refractivity contribution in [1.29, 1.82) is 0 Å². The summed E-state index contributed by atoms with van der Waals surface area (Å²) in [5, 5.41) is 5.39. The summed E-state index contributed by atoms with van der Waals surface area (Å²) in [6.45, 7) is 6.14. The van der Waals surface area contributed by atoms with E-state index in [0.717, 1.165) is 12.1 Å². The highest BCUT2D eigenvalue weighted by Crippen LogP contribution is 2.27. The molecular formula is C15H21N3O2. The molecule has 0 bridgehead atoms. The first-order valence-electron chi connectivity index (χ1n) is 6.95. The highest BCUT2D eigenvalue weighted by atomic mass is 16.2. The second-order valence-electron chi connectivity index (χ2n) is 5.36. The summed E-state index contributed by atoms with van der Waals surface area (Å²) in [4.78, 5) is 25.8. The van der Waals surface area contributed by atoms with Crippen molar-refractivity contribution in [2.45, 2.75) is 39.3 Å². The van der Waals surface area contributed by atoms with E-state index >= 15 is 0 Å². The van der Waals surface area contributed by atoms with Gasteiger partial charge in [0, 0.05) is 18.3 Å². The minimum Gasteiger partial charge on any atom is -0.336 e. The van der Waals surface area contributed by atoms with Crippen molar-refractivity contribution in [3.05, 3.63) is 29.8 Å². The predicted octanol–water partition coefficient (Wildman–Crippen LogP) is 1.67. The molecule has 1 atom stereocenters. The van der Waals surface area contributed by atoms with Crippen molar-refractivity contribution in [2.75, 3.05) is 11.4 Å². The maximum absolute atomic E-state index is 12.4. The van der Waals surface area contributed by atoms with Crippen molar-refractivity contribution in [3.63, 3.8) is 0 Å². The zero-order valence-electron chi connectivity index (χ0n) is 12.1. The number of rotatable bonds is 3. The Bertz CT molecular complexity index is 514. The van der Waals surface area contributed by atoms with Gasteiger partial charge in [0.25, 0.3) is 0 Å². The van der Waals surface area contributed by atoms with E-state index < -0.39 is 6.04 Å². The molecule has 0 fully saturated rings. The fourth-order valence-electron chi connectivity index (χ4n) is 2.36. The van der Waals surface area contributed by atoms with Crippen LogP contribution in [0.5, 0.6) is 0 Å². The van der Waals surface area contributed by atoms with Crippen LogP contribution in [0.25, 0.3) is 0 Å². The van der Waals surface area contributed by atoms with E-state index in [2.05, 4.69) is 10.6 Å². The third-order valence-electron chi connectivity index (χ3n) is 3.29. The standard InChI is InChI=1S/C15H21N3O2/c1-10(2)16-15(20)17-11(3)14(19)18-9-8-12-6-4-5-7-13(12)18/h4-7,10-11H,8-9H2,1-3H3,(H2,16,17,20)/t11-/m1/s1. The van der Waals surface area contributed by atoms with Gasteiger partial charge in [0.2, 0.25) is 5.91 Å². The van der Waals surface area contributed by atoms with Gasteiger partial charge in [0.1, 0.15) is 6.04 Å². The average molecular weight is 275 g/mol. The molecule has 5 heteroatoms. The molecule has 20 heavy (non-hydrogen) atoms. The van der Waals surface area contributed by atoms with Crippen LogP contribution in [0.4, 0.5) is 10.5 Å². The maximum Gasteiger partial charge on any atom is 0.315 e. The van der Waals surface area contributed by atoms with Crippen LogP contribution in [0, 0.1) is 0 Å². The van der Waals surface area contributed by atoms with E-state index in [0.29, 0.717) is 6.54 Å². The summed E-state index contributed by atoms with van der Waals surface area (Å²) in [6, 6.07) is 7.07. The molecular weight excluding hydrogens is 254 g/mol. The molecule has 108 valence electrons. The number of carbonyl (C=O) groups excluding carboxylic acids is 2. The van der Waals surface area contributed by atoms with E-state index in [1.54, 1.807) is 11.8 Å². The highest BCUT2D eigenvalue weighted by Gasteiger charge is 2.28. The van der Waals surface area contributed by atoms with Gasteiger partial charge in [0.05, 0.1) is 0 Å². The largest absolute Gasteiger partial charge is 0.336 e. The Kier molecular flexibility index (Phi) is 4.27. The number of benzene rings is 1. The molecule has 1 heterocycles. The van der Waals surface area contributed by atoms with Crippen molar-refractivity contribution in [3.8, 4) is 0 Å². The van der Waals surface area contributed by atoms with Gasteiger partial charge >= 0.3 is 6.03 Å². The molecule has 0 saturated carbocycles. The molecule has 0 saturated heterocycles. The molecule has 0 aliphatic carbocycles. The second-order valence-corrected chi connectivity index (χ2v) is 5.36. The van der Waals surface area contributed by atoms with Crippen LogP contribution in [0.2, 0.25) is 0 Å². The Morgan fingerprint density at radius 2 is 1.85 bits per heavy atom. The van der Waals surface area contributed by atoms with E-state index in [4.69, 9.17) is 0 Å². The van der Waals surface area contributed by atoms with Crippen LogP contribution in [0.3, 0.4) is 0 Å². The molecule has 0 spiro atoms. The number of hydrogen-bond donors (Lipinski definition) is 2. The first-order valence-corrected chi connectivity index (χ1v) is 6.95. The van der Waals surface area contributed by atoms with Crippen LogP contribution < -0.4 is 15.5 Å². The second kappa shape index (κ2) is 5.94. The molecule has 1 aliphatic heterocycles. The Balaban J connectivity index is 2.00. The average Bonchev–Trinajstić information content (AvgIpc) is 2.80. The van der Waals surface area contributed by atoms with Crippen LogP contribution in [0.15, 0.2) is 24.3 Å². The van der Waals surface area contributed by atoms with Gasteiger partial charge in [-0.2, -0.15) is 0 Å². The summed E-state index contributed by atoms with van der Waals surface area (Å²) in [5.41, 5.74) is 2.13. The molecule has 3 amide bonds. The summed E-state index contributed by atoms with van der Waals surface area (Å²) >= 11 is 0. The molecule has 5 nitrogen and oxygen atoms in total. The number of hydrogen-bond acceptors (Lipinski definition) is 2. The van der Waals surface area contributed by atoms with E-state index in [-0.39, 0.29) is 18.0 Å². The van der Waals surface area contributed by atoms with Gasteiger partial charge in [-0.15, -0.1) is 0 Å². The number of anilines is 1. The molecule has 0 unspecified atom stereocenters. The zero-order chi connectivity index (χ0) is 14.7. The van der Waals surface area contributed by atoms with Crippen LogP contribution in [0.1, 0.15) is 26.3 Å². The van der Waals surface area contributed by atoms with Gasteiger partial charge in [-0.05, 0) is 38.8 Å². The lowest BCUT2D eigenvalue weighted by Crippen LogP contribution is -2.50. The summed E-state index contributed by atoms with van der Waals surface area (Å²) in [5.74, 6) is -0.0751. The Hall–Kier alpha value is -2.04. The van der Waals surface area contributed by atoms with Gasteiger partial charge in [-0.3, -0.25) is 4.79 Å². The third-order valence-corrected chi connectivity index (χ3v) is 3.29. The SMILES string of the molecule is CC(C)NC(=O)N[C@H](C)C(=O)N1CCc2ccccc21. The lowest BCUT2D eigenvalue weighted by Gasteiger charge is -2.22. The lowest BCUT2D eigenvalue weighted by molar-refractivity contribution is -0.119. The molecule has 2 rings (SSSR count). The highest BCUT2D eigenvalue weighted by molar-refractivity contribution is 6.00. The monoisotopic (exact) mass is 275 g/mol. The topological polar surface area (TPSA) is 61.4 Å². The minimum atomic E-state index is -0.542. The molecule has 0 radical (unpaired) electrons. The fraction of sp³-hybridized carbons (Fsp3) is 0.467. The quantitative estimate of drug-likeness (QED) is 0.881. The summed E-state index contributed by atoms with van der Waals surface area (Å²) in [6.07, 6.45) is 0.868. The van der Waals surface area contributed by atoms with E-state index in [1.165, 1.54) is 5.56 Å². The Morgan fingerprint density at radius 3 is 2.55 bits per heavy atom. The van der Waals surface area contributed by atoms with Gasteiger partial charge < -0.3 is 15.5 Å². The van der Waals surface area contributed by atoms with Crippen LogP contribution in [-0.4, -0.2) is 30.6 Å². The van der Waals surface area contributed by atoms with Crippen molar-refractivity contribution in [1.82, 2.24) is 10.6 Å². The number of fused-ring (bicyclic) bond motifs is 1. The van der Waals surface area contributed by atoms with E-state index in [9.17, 15) is 9.59 Å². The predicted molar refractivity (Wildman–Crippen MR) is 78.8 cm³/mol. The van der Waals surface area contributed by atoms with Gasteiger partial charge in [-0.25, -0.2) is 4.79 Å². The molecule has 0 aromatic heterocycles.